The number of fused-ring (bicyclic) bond motifs is 1. The molecule has 0 bridgehead atoms. The molecule has 3 rings (SSSR count). The summed E-state index contributed by atoms with van der Waals surface area (Å²) in [5.41, 5.74) is 1.85. The number of aliphatic hydroxyl groups is 1. The van der Waals surface area contributed by atoms with E-state index in [0.29, 0.717) is 19.4 Å². The van der Waals surface area contributed by atoms with Gasteiger partial charge in [0.1, 0.15) is 12.4 Å². The van der Waals surface area contributed by atoms with Crippen LogP contribution in [0, 0.1) is 30.1 Å². The summed E-state index contributed by atoms with van der Waals surface area (Å²) in [4.78, 5) is 4.45. The van der Waals surface area contributed by atoms with Gasteiger partial charge in [-0.25, -0.2) is 11.0 Å². The largest absolute Gasteiger partial charge is 0.392 e. The van der Waals surface area contributed by atoms with Gasteiger partial charge in [-0.3, -0.25) is 0 Å². The van der Waals surface area contributed by atoms with E-state index < -0.39 is 6.10 Å². The molecule has 0 spiro atoms. The Balaban J connectivity index is 1.91. The highest BCUT2D eigenvalue weighted by Crippen LogP contribution is 2.45. The van der Waals surface area contributed by atoms with Crippen LogP contribution in [0.1, 0.15) is 36.3 Å². The maximum atomic E-state index is 14.6. The third kappa shape index (κ3) is 3.85. The molecule has 1 aliphatic carbocycles. The third-order valence-corrected chi connectivity index (χ3v) is 6.30. The first-order chi connectivity index (χ1) is 12.2. The molecule has 2 unspecified atom stereocenters. The Morgan fingerprint density at radius 3 is 3.04 bits per heavy atom. The van der Waals surface area contributed by atoms with Gasteiger partial charge in [0, 0.05) is 30.8 Å². The van der Waals surface area contributed by atoms with Gasteiger partial charge in [-0.1, -0.05) is 12.0 Å². The number of hydrogen-bond donors (Lipinski definition) is 1. The van der Waals surface area contributed by atoms with Crippen molar-refractivity contribution >= 4 is 11.8 Å². The highest BCUT2D eigenvalue weighted by molar-refractivity contribution is 7.99. The van der Waals surface area contributed by atoms with Gasteiger partial charge >= 0.3 is 0 Å². The molecule has 4 atom stereocenters. The number of nitrogens with zero attached hydrogens (tertiary/aromatic N) is 1. The van der Waals surface area contributed by atoms with Crippen molar-refractivity contribution in [1.29, 1.82) is 0 Å². The van der Waals surface area contributed by atoms with E-state index in [0.717, 1.165) is 34.6 Å². The van der Waals surface area contributed by atoms with Crippen molar-refractivity contribution in [3.05, 3.63) is 40.5 Å². The smallest absolute Gasteiger partial charge is 0.230 e. The van der Waals surface area contributed by atoms with Gasteiger partial charge in [0.25, 0.3) is 0 Å². The van der Waals surface area contributed by atoms with Crippen LogP contribution in [0.2, 0.25) is 0 Å². The molecule has 1 fully saturated rings. The first-order valence-electron chi connectivity index (χ1n) is 8.60. The molecule has 1 aromatic rings. The number of thioether (sulfide) groups is 1. The van der Waals surface area contributed by atoms with Crippen LogP contribution in [0.15, 0.2) is 17.0 Å². The first kappa shape index (κ1) is 18.3. The molecule has 132 valence electrons. The fraction of sp³-hybridized carbons (Fsp3) is 0.550. The second-order valence-electron chi connectivity index (χ2n) is 6.62. The lowest BCUT2D eigenvalue weighted by atomic mass is 9.83. The minimum absolute atomic E-state index is 0.0782. The standard InChI is InChI=1S/C20H22FNO2S/c1-22-17-12-18(23)19(15(17)7-3-4-8-24-2)14-10-13-6-5-9-25-20(13)16(21)11-14/h10-11,15,17-19,23H,5-9,12H2,2H3/t15?,17-,18-,19?/m1/s1. The van der Waals surface area contributed by atoms with E-state index in [4.69, 9.17) is 11.3 Å². The maximum absolute atomic E-state index is 14.6. The van der Waals surface area contributed by atoms with Gasteiger partial charge in [-0.2, -0.15) is 0 Å². The summed E-state index contributed by atoms with van der Waals surface area (Å²) in [5, 5.41) is 10.6. The van der Waals surface area contributed by atoms with Crippen molar-refractivity contribution in [1.82, 2.24) is 0 Å². The zero-order valence-electron chi connectivity index (χ0n) is 14.3. The zero-order valence-corrected chi connectivity index (χ0v) is 15.1. The van der Waals surface area contributed by atoms with Crippen LogP contribution >= 0.6 is 11.8 Å². The summed E-state index contributed by atoms with van der Waals surface area (Å²) in [6, 6.07) is 3.33. The molecule has 1 heterocycles. The fourth-order valence-corrected chi connectivity index (χ4v) is 4.97. The lowest BCUT2D eigenvalue weighted by molar-refractivity contribution is 0.155. The molecule has 1 N–H and O–H groups in total. The van der Waals surface area contributed by atoms with Gasteiger partial charge < -0.3 is 14.7 Å². The summed E-state index contributed by atoms with van der Waals surface area (Å²) < 4.78 is 19.5. The zero-order chi connectivity index (χ0) is 17.8. The quantitative estimate of drug-likeness (QED) is 0.661. The molecule has 5 heteroatoms. The Bertz CT molecular complexity index is 734. The molecule has 0 radical (unpaired) electrons. The Morgan fingerprint density at radius 1 is 1.44 bits per heavy atom. The molecule has 1 saturated carbocycles. The number of aliphatic hydroxyl groups excluding tert-OH is 1. The lowest BCUT2D eigenvalue weighted by Gasteiger charge is -2.24. The second-order valence-corrected chi connectivity index (χ2v) is 7.73. The Kier molecular flexibility index (Phi) is 6.02. The number of aryl methyl sites for hydroxylation is 1. The second kappa shape index (κ2) is 8.23. The predicted octanol–water partition coefficient (Wildman–Crippen LogP) is 3.66. The molecule has 1 aliphatic heterocycles. The van der Waals surface area contributed by atoms with Crippen molar-refractivity contribution in [2.75, 3.05) is 19.5 Å². The van der Waals surface area contributed by atoms with Crippen molar-refractivity contribution in [2.24, 2.45) is 5.92 Å². The van der Waals surface area contributed by atoms with Gasteiger partial charge in [0.15, 0.2) is 0 Å². The average molecular weight is 359 g/mol. The van der Waals surface area contributed by atoms with E-state index in [1.54, 1.807) is 24.9 Å². The molecule has 1 aromatic carbocycles. The number of rotatable bonds is 3. The average Bonchev–Trinajstić information content (AvgIpc) is 2.94. The van der Waals surface area contributed by atoms with Crippen LogP contribution in [0.3, 0.4) is 0 Å². The number of methoxy groups -OCH3 is 1. The predicted molar refractivity (Wildman–Crippen MR) is 97.0 cm³/mol. The van der Waals surface area contributed by atoms with E-state index >= 15 is 0 Å². The van der Waals surface area contributed by atoms with Crippen LogP contribution < -0.4 is 0 Å². The van der Waals surface area contributed by atoms with Crippen LogP contribution in [0.4, 0.5) is 4.39 Å². The molecule has 0 saturated heterocycles. The van der Waals surface area contributed by atoms with Gasteiger partial charge in [0.05, 0.1) is 12.0 Å². The third-order valence-electron chi connectivity index (χ3n) is 5.06. The molecule has 2 aliphatic rings. The Labute approximate surface area is 152 Å². The number of halogens is 1. The highest BCUT2D eigenvalue weighted by Gasteiger charge is 2.47. The normalized spacial score (nSPS) is 27.9. The van der Waals surface area contributed by atoms with E-state index in [1.165, 1.54) is 0 Å². The first-order valence-corrected chi connectivity index (χ1v) is 9.58. The van der Waals surface area contributed by atoms with Crippen LogP contribution in [0.5, 0.6) is 0 Å². The SMILES string of the molecule is [C-]#[N+][C@@H]1C[C@@H](O)C(c2cc(F)c3c(c2)CCCS3)C1CC#CCOC. The Morgan fingerprint density at radius 2 is 2.28 bits per heavy atom. The summed E-state index contributed by atoms with van der Waals surface area (Å²) in [6.07, 6.45) is 2.25. The maximum Gasteiger partial charge on any atom is 0.230 e. The molecular formula is C20H22FNO2S. The Hall–Kier alpha value is -1.53. The van der Waals surface area contributed by atoms with Gasteiger partial charge in [-0.05, 0) is 35.8 Å². The number of ether oxygens (including phenoxy) is 1. The summed E-state index contributed by atoms with van der Waals surface area (Å²) in [7, 11) is 1.59. The summed E-state index contributed by atoms with van der Waals surface area (Å²) in [5.74, 6) is 6.43. The summed E-state index contributed by atoms with van der Waals surface area (Å²) in [6.45, 7) is 7.80. The van der Waals surface area contributed by atoms with Crippen molar-refractivity contribution < 1.29 is 14.2 Å². The van der Waals surface area contributed by atoms with Crippen LogP contribution in [-0.4, -0.2) is 36.7 Å². The minimum atomic E-state index is -0.623. The van der Waals surface area contributed by atoms with Gasteiger partial charge in [-0.15, -0.1) is 17.7 Å². The van der Waals surface area contributed by atoms with Gasteiger partial charge in [0.2, 0.25) is 6.04 Å². The van der Waals surface area contributed by atoms with E-state index in [2.05, 4.69) is 16.7 Å². The van der Waals surface area contributed by atoms with Crippen molar-refractivity contribution in [2.45, 2.75) is 48.6 Å². The number of hydrogen-bond acceptors (Lipinski definition) is 3. The molecule has 0 amide bonds. The van der Waals surface area contributed by atoms with Crippen LogP contribution in [-0.2, 0) is 11.2 Å². The molecular weight excluding hydrogens is 337 g/mol. The van der Waals surface area contributed by atoms with E-state index in [-0.39, 0.29) is 23.7 Å². The molecule has 25 heavy (non-hydrogen) atoms. The summed E-state index contributed by atoms with van der Waals surface area (Å²) >= 11 is 1.57. The van der Waals surface area contributed by atoms with Crippen molar-refractivity contribution in [3.8, 4) is 11.8 Å². The minimum Gasteiger partial charge on any atom is -0.392 e. The van der Waals surface area contributed by atoms with Crippen LogP contribution in [0.25, 0.3) is 4.85 Å². The fourth-order valence-electron chi connectivity index (χ4n) is 3.94. The number of benzene rings is 1. The molecule has 0 aromatic heterocycles. The van der Waals surface area contributed by atoms with E-state index in [1.807, 2.05) is 6.07 Å². The van der Waals surface area contributed by atoms with Crippen molar-refractivity contribution in [3.63, 3.8) is 0 Å². The molecule has 3 nitrogen and oxygen atoms in total. The highest BCUT2D eigenvalue weighted by atomic mass is 32.2. The monoisotopic (exact) mass is 359 g/mol. The lowest BCUT2D eigenvalue weighted by Crippen LogP contribution is -2.20. The van der Waals surface area contributed by atoms with E-state index in [9.17, 15) is 9.50 Å². The topological polar surface area (TPSA) is 33.8 Å².